The number of hydrogen-bond acceptors (Lipinski definition) is 3. The van der Waals surface area contributed by atoms with E-state index in [-0.39, 0.29) is 43.7 Å². The van der Waals surface area contributed by atoms with Crippen molar-refractivity contribution < 1.29 is 19.1 Å². The van der Waals surface area contributed by atoms with E-state index in [0.717, 1.165) is 5.56 Å². The highest BCUT2D eigenvalue weighted by atomic mass is 19.1. The van der Waals surface area contributed by atoms with Gasteiger partial charge in [-0.05, 0) is 28.8 Å². The molecule has 2 N–H and O–H groups in total. The van der Waals surface area contributed by atoms with Crippen molar-refractivity contribution in [2.24, 2.45) is 0 Å². The van der Waals surface area contributed by atoms with Crippen LogP contribution in [0.3, 0.4) is 0 Å². The number of halogens is 1. The van der Waals surface area contributed by atoms with Gasteiger partial charge in [-0.15, -0.1) is 0 Å². The van der Waals surface area contributed by atoms with Crippen molar-refractivity contribution >= 4 is 11.8 Å². The summed E-state index contributed by atoms with van der Waals surface area (Å²) in [6.45, 7) is 0.0145. The summed E-state index contributed by atoms with van der Waals surface area (Å²) in [5.74, 6) is -0.987. The van der Waals surface area contributed by atoms with E-state index in [1.54, 1.807) is 36.4 Å². The minimum Gasteiger partial charge on any atom is -0.395 e. The Labute approximate surface area is 181 Å². The predicted molar refractivity (Wildman–Crippen MR) is 116 cm³/mol. The Bertz CT molecular complexity index is 979. The van der Waals surface area contributed by atoms with Crippen molar-refractivity contribution in [2.75, 3.05) is 13.2 Å². The molecule has 0 saturated carbocycles. The van der Waals surface area contributed by atoms with Crippen LogP contribution < -0.4 is 5.32 Å². The molecule has 3 aromatic carbocycles. The van der Waals surface area contributed by atoms with Gasteiger partial charge in [0.1, 0.15) is 11.9 Å². The number of amides is 2. The summed E-state index contributed by atoms with van der Waals surface area (Å²) in [6, 6.07) is 23.3. The molecule has 0 aliphatic rings. The van der Waals surface area contributed by atoms with Crippen LogP contribution in [0.5, 0.6) is 0 Å². The zero-order valence-corrected chi connectivity index (χ0v) is 17.1. The highest BCUT2D eigenvalue weighted by molar-refractivity contribution is 5.89. The lowest BCUT2D eigenvalue weighted by Crippen LogP contribution is -2.44. The van der Waals surface area contributed by atoms with Gasteiger partial charge in [-0.3, -0.25) is 9.59 Å². The SMILES string of the molecule is O=C(NCCO)[C@H](c1ccccc1)N(Cc1ccc(F)cc1)C(=O)Cc1ccccc1. The number of aliphatic hydroxyl groups is 1. The number of carbonyl (C=O) groups is 2. The van der Waals surface area contributed by atoms with E-state index < -0.39 is 6.04 Å². The van der Waals surface area contributed by atoms with Crippen LogP contribution in [-0.2, 0) is 22.6 Å². The second-order valence-corrected chi connectivity index (χ2v) is 7.14. The van der Waals surface area contributed by atoms with E-state index in [1.165, 1.54) is 17.0 Å². The minimum atomic E-state index is -0.894. The van der Waals surface area contributed by atoms with Gasteiger partial charge in [0.25, 0.3) is 0 Å². The van der Waals surface area contributed by atoms with Crippen LogP contribution in [0.1, 0.15) is 22.7 Å². The van der Waals surface area contributed by atoms with Gasteiger partial charge in [0.15, 0.2) is 0 Å². The molecule has 0 aliphatic carbocycles. The molecule has 0 unspecified atom stereocenters. The largest absolute Gasteiger partial charge is 0.395 e. The standard InChI is InChI=1S/C25H25FN2O3/c26-22-13-11-20(12-14-22)18-28(23(30)17-19-7-3-1-4-8-19)24(25(31)27-15-16-29)21-9-5-2-6-10-21/h1-14,24,29H,15-18H2,(H,27,31)/t24-/m0/s1. The summed E-state index contributed by atoms with van der Waals surface area (Å²) in [7, 11) is 0. The molecule has 0 fully saturated rings. The van der Waals surface area contributed by atoms with E-state index in [1.807, 2.05) is 36.4 Å². The minimum absolute atomic E-state index is 0.0828. The van der Waals surface area contributed by atoms with Crippen molar-refractivity contribution in [1.29, 1.82) is 0 Å². The predicted octanol–water partition coefficient (Wildman–Crippen LogP) is 3.25. The zero-order valence-electron chi connectivity index (χ0n) is 17.1. The molecule has 2 amide bonds. The van der Waals surface area contributed by atoms with E-state index in [2.05, 4.69) is 5.32 Å². The third-order valence-electron chi connectivity index (χ3n) is 4.87. The molecule has 0 aliphatic heterocycles. The molecule has 1 atom stereocenters. The molecule has 3 rings (SSSR count). The smallest absolute Gasteiger partial charge is 0.247 e. The van der Waals surface area contributed by atoms with Crippen molar-refractivity contribution in [1.82, 2.24) is 10.2 Å². The number of nitrogens with one attached hydrogen (secondary N) is 1. The van der Waals surface area contributed by atoms with Crippen molar-refractivity contribution in [2.45, 2.75) is 19.0 Å². The highest BCUT2D eigenvalue weighted by Crippen LogP contribution is 2.25. The summed E-state index contributed by atoms with van der Waals surface area (Å²) in [6.07, 6.45) is 0.124. The molecule has 5 nitrogen and oxygen atoms in total. The fourth-order valence-corrected chi connectivity index (χ4v) is 3.37. The fraction of sp³-hybridized carbons (Fsp3) is 0.200. The third-order valence-corrected chi connectivity index (χ3v) is 4.87. The molecule has 6 heteroatoms. The lowest BCUT2D eigenvalue weighted by molar-refractivity contribution is -0.141. The summed E-state index contributed by atoms with van der Waals surface area (Å²) in [5.41, 5.74) is 2.19. The molecule has 0 heterocycles. The second kappa shape index (κ2) is 11.0. The summed E-state index contributed by atoms with van der Waals surface area (Å²) >= 11 is 0. The highest BCUT2D eigenvalue weighted by Gasteiger charge is 2.31. The first kappa shape index (κ1) is 22.2. The van der Waals surface area contributed by atoms with Gasteiger partial charge in [0.05, 0.1) is 13.0 Å². The number of benzene rings is 3. The maximum Gasteiger partial charge on any atom is 0.247 e. The Kier molecular flexibility index (Phi) is 7.90. The molecule has 3 aromatic rings. The average molecular weight is 420 g/mol. The van der Waals surface area contributed by atoms with Gasteiger partial charge < -0.3 is 15.3 Å². The third kappa shape index (κ3) is 6.23. The quantitative estimate of drug-likeness (QED) is 0.558. The van der Waals surface area contributed by atoms with Crippen LogP contribution in [0, 0.1) is 5.82 Å². The zero-order chi connectivity index (χ0) is 22.1. The normalized spacial score (nSPS) is 11.5. The molecule has 0 bridgehead atoms. The number of hydrogen-bond donors (Lipinski definition) is 2. The number of carbonyl (C=O) groups excluding carboxylic acids is 2. The fourth-order valence-electron chi connectivity index (χ4n) is 3.37. The van der Waals surface area contributed by atoms with E-state index in [9.17, 15) is 14.0 Å². The Morgan fingerprint density at radius 1 is 0.871 bits per heavy atom. The Hall–Kier alpha value is -3.51. The molecular weight excluding hydrogens is 395 g/mol. The average Bonchev–Trinajstić information content (AvgIpc) is 2.80. The van der Waals surface area contributed by atoms with Crippen molar-refractivity contribution in [3.8, 4) is 0 Å². The molecule has 0 aromatic heterocycles. The van der Waals surface area contributed by atoms with Gasteiger partial charge in [0.2, 0.25) is 11.8 Å². The van der Waals surface area contributed by atoms with Crippen LogP contribution in [0.2, 0.25) is 0 Å². The van der Waals surface area contributed by atoms with Crippen LogP contribution in [0.25, 0.3) is 0 Å². The van der Waals surface area contributed by atoms with Crippen molar-refractivity contribution in [3.63, 3.8) is 0 Å². The first-order chi connectivity index (χ1) is 15.1. The monoisotopic (exact) mass is 420 g/mol. The van der Waals surface area contributed by atoms with E-state index in [4.69, 9.17) is 5.11 Å². The molecule has 31 heavy (non-hydrogen) atoms. The molecular formula is C25H25FN2O3. The molecule has 160 valence electrons. The number of aliphatic hydroxyl groups excluding tert-OH is 1. The Morgan fingerprint density at radius 2 is 1.48 bits per heavy atom. The van der Waals surface area contributed by atoms with E-state index in [0.29, 0.717) is 11.1 Å². The number of rotatable bonds is 9. The lowest BCUT2D eigenvalue weighted by Gasteiger charge is -2.31. The molecule has 0 spiro atoms. The van der Waals surface area contributed by atoms with Crippen LogP contribution in [0.4, 0.5) is 4.39 Å². The maximum atomic E-state index is 13.4. The second-order valence-electron chi connectivity index (χ2n) is 7.14. The lowest BCUT2D eigenvalue weighted by atomic mass is 10.0. The molecule has 0 radical (unpaired) electrons. The molecule has 0 saturated heterocycles. The van der Waals surface area contributed by atoms with Gasteiger partial charge >= 0.3 is 0 Å². The number of nitrogens with zero attached hydrogens (tertiary/aromatic N) is 1. The van der Waals surface area contributed by atoms with Gasteiger partial charge in [0, 0.05) is 13.1 Å². The van der Waals surface area contributed by atoms with Crippen LogP contribution >= 0.6 is 0 Å². The Balaban J connectivity index is 1.97. The first-order valence-corrected chi connectivity index (χ1v) is 10.1. The summed E-state index contributed by atoms with van der Waals surface area (Å²) in [4.78, 5) is 28.0. The van der Waals surface area contributed by atoms with Gasteiger partial charge in [-0.2, -0.15) is 0 Å². The summed E-state index contributed by atoms with van der Waals surface area (Å²) < 4.78 is 13.4. The Morgan fingerprint density at radius 3 is 2.10 bits per heavy atom. The van der Waals surface area contributed by atoms with Crippen LogP contribution in [-0.4, -0.2) is 35.0 Å². The first-order valence-electron chi connectivity index (χ1n) is 10.1. The maximum absolute atomic E-state index is 13.4. The van der Waals surface area contributed by atoms with Crippen molar-refractivity contribution in [3.05, 3.63) is 107 Å². The summed E-state index contributed by atoms with van der Waals surface area (Å²) in [5, 5.41) is 11.8. The van der Waals surface area contributed by atoms with E-state index >= 15 is 0 Å². The van der Waals surface area contributed by atoms with Gasteiger partial charge in [-0.1, -0.05) is 72.8 Å². The van der Waals surface area contributed by atoms with Crippen LogP contribution in [0.15, 0.2) is 84.9 Å². The van der Waals surface area contributed by atoms with Gasteiger partial charge in [-0.25, -0.2) is 4.39 Å². The topological polar surface area (TPSA) is 69.6 Å².